The van der Waals surface area contributed by atoms with Crippen molar-refractivity contribution in [1.82, 2.24) is 4.98 Å². The van der Waals surface area contributed by atoms with Crippen LogP contribution >= 0.6 is 22.9 Å². The monoisotopic (exact) mass is 347 g/mol. The Hall–Kier alpha value is -1.71. The number of anilines is 1. The molecule has 0 saturated heterocycles. The van der Waals surface area contributed by atoms with Crippen molar-refractivity contribution >= 4 is 44.3 Å². The van der Waals surface area contributed by atoms with Crippen LogP contribution in [0, 0.1) is 24.0 Å². The molecule has 10 heteroatoms. The van der Waals surface area contributed by atoms with E-state index in [0.29, 0.717) is 5.56 Å². The maximum atomic E-state index is 12.2. The van der Waals surface area contributed by atoms with Crippen LogP contribution in [0.4, 0.5) is 11.4 Å². The third-order valence-corrected chi connectivity index (χ3v) is 5.88. The van der Waals surface area contributed by atoms with Crippen LogP contribution in [0.2, 0.25) is 4.47 Å². The Kier molecular flexibility index (Phi) is 4.17. The van der Waals surface area contributed by atoms with Gasteiger partial charge in [0.25, 0.3) is 15.7 Å². The molecule has 0 aliphatic heterocycles. The highest BCUT2D eigenvalue weighted by molar-refractivity contribution is 7.94. The number of halogens is 1. The molecule has 1 aromatic carbocycles. The predicted octanol–water partition coefficient (Wildman–Crippen LogP) is 3.12. The fourth-order valence-corrected chi connectivity index (χ4v) is 4.46. The van der Waals surface area contributed by atoms with Crippen LogP contribution in [0.25, 0.3) is 0 Å². The molecular weight excluding hydrogens is 338 g/mol. The standard InChI is InChI=1S/C11H10ClN3O4S2/c1-6-3-4-8(5-9(6)15(16)17)14-21(18,19)10-7(2)13-11(12)20-10/h3-5,14H,1-2H3. The highest BCUT2D eigenvalue weighted by Crippen LogP contribution is 2.29. The first kappa shape index (κ1) is 15.7. The second-order valence-electron chi connectivity index (χ2n) is 4.20. The van der Waals surface area contributed by atoms with Gasteiger partial charge in [-0.1, -0.05) is 29.0 Å². The topological polar surface area (TPSA) is 102 Å². The second kappa shape index (κ2) is 5.58. The molecule has 0 unspecified atom stereocenters. The molecule has 0 aliphatic rings. The number of nitrogens with one attached hydrogen (secondary N) is 1. The number of benzene rings is 1. The molecule has 1 aromatic heterocycles. The lowest BCUT2D eigenvalue weighted by molar-refractivity contribution is -0.385. The van der Waals surface area contributed by atoms with E-state index in [9.17, 15) is 18.5 Å². The summed E-state index contributed by atoms with van der Waals surface area (Å²) in [5, 5.41) is 10.9. The fraction of sp³-hybridized carbons (Fsp3) is 0.182. The molecule has 112 valence electrons. The van der Waals surface area contributed by atoms with Gasteiger partial charge in [-0.15, -0.1) is 0 Å². The van der Waals surface area contributed by atoms with Crippen LogP contribution in [0.15, 0.2) is 22.4 Å². The Morgan fingerprint density at radius 3 is 2.57 bits per heavy atom. The number of nitrogens with zero attached hydrogens (tertiary/aromatic N) is 2. The zero-order valence-electron chi connectivity index (χ0n) is 11.0. The number of thiazole rings is 1. The van der Waals surface area contributed by atoms with E-state index in [4.69, 9.17) is 11.6 Å². The number of nitro groups is 1. The largest absolute Gasteiger partial charge is 0.279 e. The maximum Gasteiger partial charge on any atom is 0.274 e. The molecule has 0 saturated carbocycles. The minimum atomic E-state index is -3.88. The van der Waals surface area contributed by atoms with Crippen LogP contribution in [0.3, 0.4) is 0 Å². The maximum absolute atomic E-state index is 12.2. The number of aryl methyl sites for hydroxylation is 2. The summed E-state index contributed by atoms with van der Waals surface area (Å²) < 4.78 is 26.9. The molecular formula is C11H10ClN3O4S2. The molecule has 0 bridgehead atoms. The first-order chi connectivity index (χ1) is 9.70. The molecule has 0 spiro atoms. The lowest BCUT2D eigenvalue weighted by Crippen LogP contribution is -2.13. The summed E-state index contributed by atoms with van der Waals surface area (Å²) in [7, 11) is -3.88. The van der Waals surface area contributed by atoms with Crippen molar-refractivity contribution in [1.29, 1.82) is 0 Å². The number of hydrogen-bond acceptors (Lipinski definition) is 6. The van der Waals surface area contributed by atoms with Gasteiger partial charge in [0, 0.05) is 11.6 Å². The fourth-order valence-electron chi connectivity index (χ4n) is 1.67. The quantitative estimate of drug-likeness (QED) is 0.676. The third-order valence-electron chi connectivity index (χ3n) is 2.63. The number of hydrogen-bond donors (Lipinski definition) is 1. The van der Waals surface area contributed by atoms with Gasteiger partial charge < -0.3 is 0 Å². The zero-order valence-corrected chi connectivity index (χ0v) is 13.3. The van der Waals surface area contributed by atoms with Crippen LogP contribution in [0.5, 0.6) is 0 Å². The summed E-state index contributed by atoms with van der Waals surface area (Å²) in [6.45, 7) is 3.10. The number of sulfonamides is 1. The summed E-state index contributed by atoms with van der Waals surface area (Å²) in [6, 6.07) is 4.10. The lowest BCUT2D eigenvalue weighted by Gasteiger charge is -2.07. The highest BCUT2D eigenvalue weighted by Gasteiger charge is 2.22. The van der Waals surface area contributed by atoms with Gasteiger partial charge in [-0.05, 0) is 19.9 Å². The lowest BCUT2D eigenvalue weighted by atomic mass is 10.2. The molecule has 0 atom stereocenters. The van der Waals surface area contributed by atoms with Gasteiger partial charge in [0.2, 0.25) is 0 Å². The average Bonchev–Trinajstić information content (AvgIpc) is 2.71. The van der Waals surface area contributed by atoms with Gasteiger partial charge >= 0.3 is 0 Å². The zero-order chi connectivity index (χ0) is 15.8. The number of nitro benzene ring substituents is 1. The molecule has 2 aromatic rings. The Morgan fingerprint density at radius 2 is 2.05 bits per heavy atom. The van der Waals surface area contributed by atoms with E-state index in [1.165, 1.54) is 25.1 Å². The van der Waals surface area contributed by atoms with E-state index in [0.717, 1.165) is 11.3 Å². The van der Waals surface area contributed by atoms with Crippen molar-refractivity contribution in [2.45, 2.75) is 18.1 Å². The van der Waals surface area contributed by atoms with Crippen LogP contribution in [-0.4, -0.2) is 18.3 Å². The molecule has 0 radical (unpaired) electrons. The predicted molar refractivity (Wildman–Crippen MR) is 80.5 cm³/mol. The van der Waals surface area contributed by atoms with Crippen molar-refractivity contribution in [3.8, 4) is 0 Å². The van der Waals surface area contributed by atoms with Crippen molar-refractivity contribution in [2.75, 3.05) is 4.72 Å². The van der Waals surface area contributed by atoms with Crippen molar-refractivity contribution < 1.29 is 13.3 Å². The number of aromatic nitrogens is 1. The molecule has 1 N–H and O–H groups in total. The van der Waals surface area contributed by atoms with Gasteiger partial charge in [-0.3, -0.25) is 14.8 Å². The van der Waals surface area contributed by atoms with Crippen LogP contribution in [0.1, 0.15) is 11.3 Å². The summed E-state index contributed by atoms with van der Waals surface area (Å²) in [4.78, 5) is 14.1. The minimum absolute atomic E-state index is 0.0178. The summed E-state index contributed by atoms with van der Waals surface area (Å²) >= 11 is 6.51. The smallest absolute Gasteiger partial charge is 0.274 e. The first-order valence-corrected chi connectivity index (χ1v) is 8.29. The van der Waals surface area contributed by atoms with Crippen molar-refractivity contribution in [3.63, 3.8) is 0 Å². The van der Waals surface area contributed by atoms with E-state index in [2.05, 4.69) is 9.71 Å². The van der Waals surface area contributed by atoms with Gasteiger partial charge in [-0.25, -0.2) is 13.4 Å². The molecule has 7 nitrogen and oxygen atoms in total. The van der Waals surface area contributed by atoms with E-state index < -0.39 is 14.9 Å². The third kappa shape index (κ3) is 3.31. The summed E-state index contributed by atoms with van der Waals surface area (Å²) in [5.74, 6) is 0. The van der Waals surface area contributed by atoms with Crippen molar-refractivity contribution in [3.05, 3.63) is 44.0 Å². The Labute approximate surface area is 129 Å². The Morgan fingerprint density at radius 1 is 1.38 bits per heavy atom. The average molecular weight is 348 g/mol. The Balaban J connectivity index is 2.40. The molecule has 21 heavy (non-hydrogen) atoms. The van der Waals surface area contributed by atoms with Crippen LogP contribution in [-0.2, 0) is 10.0 Å². The van der Waals surface area contributed by atoms with Gasteiger partial charge in [0.15, 0.2) is 8.68 Å². The van der Waals surface area contributed by atoms with E-state index in [1.807, 2.05) is 0 Å². The molecule has 2 rings (SSSR count). The van der Waals surface area contributed by atoms with Gasteiger partial charge in [0.05, 0.1) is 16.3 Å². The van der Waals surface area contributed by atoms with Crippen molar-refractivity contribution in [2.24, 2.45) is 0 Å². The minimum Gasteiger partial charge on any atom is -0.279 e. The second-order valence-corrected chi connectivity index (χ2v) is 7.66. The first-order valence-electron chi connectivity index (χ1n) is 5.61. The van der Waals surface area contributed by atoms with E-state index in [1.54, 1.807) is 6.92 Å². The molecule has 0 aliphatic carbocycles. The summed E-state index contributed by atoms with van der Waals surface area (Å²) in [6.07, 6.45) is 0. The highest BCUT2D eigenvalue weighted by atomic mass is 35.5. The number of rotatable bonds is 4. The normalized spacial score (nSPS) is 11.4. The SMILES string of the molecule is Cc1ccc(NS(=O)(=O)c2sc(Cl)nc2C)cc1[N+](=O)[O-]. The van der Waals surface area contributed by atoms with Gasteiger partial charge in [-0.2, -0.15) is 0 Å². The molecule has 0 amide bonds. The van der Waals surface area contributed by atoms with E-state index >= 15 is 0 Å². The molecule has 0 fully saturated rings. The van der Waals surface area contributed by atoms with Crippen LogP contribution < -0.4 is 4.72 Å². The summed E-state index contributed by atoms with van der Waals surface area (Å²) in [5.41, 5.74) is 0.671. The van der Waals surface area contributed by atoms with Gasteiger partial charge in [0.1, 0.15) is 0 Å². The Bertz CT molecular complexity index is 817. The van der Waals surface area contributed by atoms with E-state index in [-0.39, 0.29) is 25.7 Å². The molecule has 1 heterocycles.